The lowest BCUT2D eigenvalue weighted by atomic mass is 10.1. The molecule has 0 fully saturated rings. The number of halogens is 1. The molecule has 8 nitrogen and oxygen atoms in total. The highest BCUT2D eigenvalue weighted by Crippen LogP contribution is 2.36. The molecule has 1 N–H and O–H groups in total. The average Bonchev–Trinajstić information content (AvgIpc) is 4.30. The van der Waals surface area contributed by atoms with Crippen LogP contribution in [0.2, 0.25) is 0 Å². The summed E-state index contributed by atoms with van der Waals surface area (Å²) in [7, 11) is 0. The van der Waals surface area contributed by atoms with E-state index in [9.17, 15) is 0 Å². The molecule has 0 aliphatic rings. The number of H-pyrrole nitrogens is 1. The molecule has 16 aromatic rings. The third-order valence-electron chi connectivity index (χ3n) is 14.0. The highest BCUT2D eigenvalue weighted by atomic mass is 79.9. The molecular formula is C65H45BrN8. The summed E-state index contributed by atoms with van der Waals surface area (Å²) in [6.45, 7) is 0. The molecular weight excluding hydrogens is 973 g/mol. The van der Waals surface area contributed by atoms with Crippen LogP contribution in [0.3, 0.4) is 0 Å². The van der Waals surface area contributed by atoms with Crippen molar-refractivity contribution in [1.29, 1.82) is 0 Å². The number of hydrogen-bond acceptors (Lipinski definition) is 4. The van der Waals surface area contributed by atoms with Crippen molar-refractivity contribution >= 4 is 114 Å². The van der Waals surface area contributed by atoms with Gasteiger partial charge < -0.3 is 9.55 Å². The molecule has 6 heterocycles. The van der Waals surface area contributed by atoms with Gasteiger partial charge in [-0.2, -0.15) is 0 Å². The van der Waals surface area contributed by atoms with E-state index in [1.807, 2.05) is 18.2 Å². The number of hydrogen-bond donors (Lipinski definition) is 1. The van der Waals surface area contributed by atoms with E-state index in [-0.39, 0.29) is 7.43 Å². The number of pyridine rings is 2. The van der Waals surface area contributed by atoms with E-state index >= 15 is 0 Å². The first kappa shape index (κ1) is 44.5. The van der Waals surface area contributed by atoms with Crippen molar-refractivity contribution < 1.29 is 0 Å². The summed E-state index contributed by atoms with van der Waals surface area (Å²) < 4.78 is 7.72. The summed E-state index contributed by atoms with van der Waals surface area (Å²) in [5.41, 5.74) is 12.0. The third kappa shape index (κ3) is 7.27. The van der Waals surface area contributed by atoms with Gasteiger partial charge in [-0.25, -0.2) is 0 Å². The number of aromatic amines is 1. The summed E-state index contributed by atoms with van der Waals surface area (Å²) in [5.74, 6) is 1.70. The number of nitrogens with one attached hydrogen (secondary N) is 1. The lowest BCUT2D eigenvalue weighted by molar-refractivity contribution is 1.11. The van der Waals surface area contributed by atoms with Crippen molar-refractivity contribution in [2.45, 2.75) is 7.43 Å². The van der Waals surface area contributed by atoms with Crippen LogP contribution in [-0.2, 0) is 0 Å². The average molecular weight is 1020 g/mol. The van der Waals surface area contributed by atoms with Gasteiger partial charge in [-0.3, -0.25) is 8.80 Å². The van der Waals surface area contributed by atoms with Crippen molar-refractivity contribution in [2.24, 2.45) is 0 Å². The van der Waals surface area contributed by atoms with Gasteiger partial charge in [0.15, 0.2) is 22.9 Å². The summed E-state index contributed by atoms with van der Waals surface area (Å²) in [6, 6.07) is 84.4. The van der Waals surface area contributed by atoms with E-state index in [1.165, 1.54) is 65.2 Å². The van der Waals surface area contributed by atoms with Crippen molar-refractivity contribution in [3.05, 3.63) is 247 Å². The molecule has 0 saturated carbocycles. The molecule has 10 aromatic carbocycles. The Morgan fingerprint density at radius 3 is 1.15 bits per heavy atom. The number of aromatic nitrogens is 8. The molecule has 0 radical (unpaired) electrons. The van der Waals surface area contributed by atoms with Crippen molar-refractivity contribution in [1.82, 2.24) is 38.7 Å². The van der Waals surface area contributed by atoms with Crippen LogP contribution in [0.15, 0.2) is 247 Å². The van der Waals surface area contributed by atoms with Crippen LogP contribution in [0, 0.1) is 0 Å². The molecule has 352 valence electrons. The molecule has 0 unspecified atom stereocenters. The largest absolute Gasteiger partial charge is 0.355 e. The molecule has 0 spiro atoms. The molecule has 0 amide bonds. The molecule has 0 aliphatic heterocycles. The van der Waals surface area contributed by atoms with Gasteiger partial charge in [-0.05, 0) is 71.4 Å². The van der Waals surface area contributed by atoms with Crippen LogP contribution >= 0.6 is 15.9 Å². The van der Waals surface area contributed by atoms with Gasteiger partial charge in [0.1, 0.15) is 0 Å². The Bertz CT molecular complexity index is 4690. The minimum atomic E-state index is 0. The van der Waals surface area contributed by atoms with Gasteiger partial charge in [0.2, 0.25) is 0 Å². The Labute approximate surface area is 433 Å². The van der Waals surface area contributed by atoms with Crippen LogP contribution in [0.1, 0.15) is 7.43 Å². The molecule has 9 heteroatoms. The Balaban J connectivity index is 0.000000119. The smallest absolute Gasteiger partial charge is 0.169 e. The van der Waals surface area contributed by atoms with Crippen LogP contribution < -0.4 is 0 Å². The first-order chi connectivity index (χ1) is 36.2. The van der Waals surface area contributed by atoms with Gasteiger partial charge >= 0.3 is 0 Å². The van der Waals surface area contributed by atoms with E-state index in [4.69, 9.17) is 5.10 Å². The van der Waals surface area contributed by atoms with Gasteiger partial charge in [-0.15, -0.1) is 20.4 Å². The lowest BCUT2D eigenvalue weighted by Crippen LogP contribution is -1.97. The van der Waals surface area contributed by atoms with Gasteiger partial charge in [0.05, 0.1) is 22.1 Å². The van der Waals surface area contributed by atoms with Crippen molar-refractivity contribution in [2.75, 3.05) is 0 Å². The Morgan fingerprint density at radius 1 is 0.311 bits per heavy atom. The Morgan fingerprint density at radius 2 is 0.676 bits per heavy atom. The van der Waals surface area contributed by atoms with Gasteiger partial charge in [0.25, 0.3) is 0 Å². The minimum absolute atomic E-state index is 0. The molecule has 16 rings (SSSR count). The number of nitrogens with zero attached hydrogens (tertiary/aromatic N) is 7. The molecule has 6 aromatic heterocycles. The normalized spacial score (nSPS) is 11.5. The molecule has 0 aliphatic carbocycles. The summed E-state index contributed by atoms with van der Waals surface area (Å²) in [6.07, 6.45) is 0. The zero-order chi connectivity index (χ0) is 48.4. The maximum atomic E-state index is 4.72. The zero-order valence-corrected chi connectivity index (χ0v) is 40.7. The fourth-order valence-corrected chi connectivity index (χ4v) is 11.2. The lowest BCUT2D eigenvalue weighted by Gasteiger charge is -2.11. The van der Waals surface area contributed by atoms with E-state index in [1.54, 1.807) is 0 Å². The summed E-state index contributed by atoms with van der Waals surface area (Å²) in [4.78, 5) is 3.38. The maximum Gasteiger partial charge on any atom is 0.169 e. The second kappa shape index (κ2) is 18.3. The van der Waals surface area contributed by atoms with Gasteiger partial charge in [-0.1, -0.05) is 205 Å². The van der Waals surface area contributed by atoms with Crippen molar-refractivity contribution in [3.63, 3.8) is 0 Å². The fraction of sp³-hybridized carbons (Fsp3) is 0.0154. The van der Waals surface area contributed by atoms with E-state index in [2.05, 4.69) is 274 Å². The maximum absolute atomic E-state index is 4.72. The topological polar surface area (TPSA) is 81.1 Å². The van der Waals surface area contributed by atoms with E-state index in [0.717, 1.165) is 66.0 Å². The van der Waals surface area contributed by atoms with Crippen molar-refractivity contribution in [3.8, 4) is 28.5 Å². The third-order valence-corrected chi connectivity index (χ3v) is 14.5. The molecule has 0 saturated heterocycles. The van der Waals surface area contributed by atoms with Gasteiger partial charge in [0, 0.05) is 75.4 Å². The van der Waals surface area contributed by atoms with Crippen LogP contribution in [0.25, 0.3) is 127 Å². The molecule has 74 heavy (non-hydrogen) atoms. The highest BCUT2D eigenvalue weighted by molar-refractivity contribution is 9.10. The Hall–Kier alpha value is -9.44. The van der Waals surface area contributed by atoms with Crippen LogP contribution in [0.5, 0.6) is 0 Å². The number of fused-ring (bicyclic) bond motifs is 18. The number of benzene rings is 10. The predicted octanol–water partition coefficient (Wildman–Crippen LogP) is 17.2. The quantitative estimate of drug-likeness (QED) is 0.179. The first-order valence-corrected chi connectivity index (χ1v) is 25.1. The molecule has 0 bridgehead atoms. The second-order valence-corrected chi connectivity index (χ2v) is 19.1. The predicted molar refractivity (Wildman–Crippen MR) is 311 cm³/mol. The van der Waals surface area contributed by atoms with E-state index < -0.39 is 0 Å². The molecule has 0 atom stereocenters. The zero-order valence-electron chi connectivity index (χ0n) is 39.1. The highest BCUT2D eigenvalue weighted by Gasteiger charge is 2.19. The minimum Gasteiger partial charge on any atom is -0.355 e. The van der Waals surface area contributed by atoms with E-state index in [0.29, 0.717) is 0 Å². The SMILES string of the molecule is Brc1cccc(-c2nnc3c4ccccc4c4ccccc4n23)c1.C.c1cc(-c2nnc3c4ccccc4c4ccccc4n23)cc(-n2c3ccccc3c3ccccc32)c1.c1ccc2c(c1)[nH]c1ccccc12. The number of para-hydroxylation sites is 6. The van der Waals surface area contributed by atoms with Crippen LogP contribution in [-0.4, -0.2) is 38.7 Å². The summed E-state index contributed by atoms with van der Waals surface area (Å²) in [5, 5.41) is 30.5. The first-order valence-electron chi connectivity index (χ1n) is 24.3. The van der Waals surface area contributed by atoms with Crippen LogP contribution in [0.4, 0.5) is 0 Å². The Kier molecular flexibility index (Phi) is 11.0. The standard InChI is InChI=1S/C32H20N4.C20H12BrN3.C12H9N.CH4/c1-2-16-27-23(12-1)24-13-3-8-19-30(24)36-31(33-34-32(27)36)21-10-9-11-22(20-21)35-28-17-6-4-14-25(28)26-15-5-7-18-29(26)35;21-14-7-5-6-13(12-14)19-22-23-20-17-10-2-1-8-15(17)16-9-3-4-11-18(16)24(19)20;1-3-7-11-9(5-1)10-6-2-4-8-12(10)13-11;/h1-20H;1-12H;1-8,13H;1H4. The monoisotopic (exact) mass is 1020 g/mol. The second-order valence-electron chi connectivity index (χ2n) is 18.1. The number of rotatable bonds is 3. The fourth-order valence-electron chi connectivity index (χ4n) is 10.8. The summed E-state index contributed by atoms with van der Waals surface area (Å²) >= 11 is 3.54.